The standard InChI is InChI=1S/C26H33ClN2O3/c1-8-24(6)16(27)12-15-22(2,3)13-10-9-11-14-17(13)18-19(29-14)23(4,5)20(30)21(31)26(24,28-7)25(15,18)32/h8-11,15-16,21,29,31-32H,1,7,12,28H2,2-6H3. The van der Waals surface area contributed by atoms with Crippen LogP contribution in [0.15, 0.2) is 30.9 Å². The number of carbonyl (C=O) groups excluding carboxylic acids is 1. The van der Waals surface area contributed by atoms with E-state index in [1.165, 1.54) is 0 Å². The van der Waals surface area contributed by atoms with Gasteiger partial charge in [0.25, 0.3) is 0 Å². The summed E-state index contributed by atoms with van der Waals surface area (Å²) in [5.74, 6) is -0.715. The monoisotopic (exact) mass is 456 g/mol. The predicted molar refractivity (Wildman–Crippen MR) is 125 cm³/mol. The zero-order valence-electron chi connectivity index (χ0n) is 19.4. The lowest BCUT2D eigenvalue weighted by Gasteiger charge is -2.66. The molecule has 1 aromatic heterocycles. The summed E-state index contributed by atoms with van der Waals surface area (Å²) in [7, 11) is 4.11. The van der Waals surface area contributed by atoms with Crippen molar-refractivity contribution in [3.63, 3.8) is 0 Å². The quantitative estimate of drug-likeness (QED) is 0.318. The van der Waals surface area contributed by atoms with Gasteiger partial charge in [0, 0.05) is 33.5 Å². The van der Waals surface area contributed by atoms with Gasteiger partial charge in [-0.3, -0.25) is 4.79 Å². The van der Waals surface area contributed by atoms with Crippen LogP contribution in [0.5, 0.6) is 0 Å². The molecule has 1 aromatic carbocycles. The molecule has 0 saturated heterocycles. The molecule has 0 amide bonds. The van der Waals surface area contributed by atoms with Crippen LogP contribution in [0.1, 0.15) is 57.9 Å². The number of nitrogens with one attached hydrogen (secondary N) is 1. The number of aromatic amines is 1. The number of aliphatic hydroxyl groups is 2. The van der Waals surface area contributed by atoms with E-state index in [1.807, 2.05) is 32.9 Å². The summed E-state index contributed by atoms with van der Waals surface area (Å²) in [5.41, 5.74) is -2.18. The number of rotatable bonds is 2. The Balaban J connectivity index is 2.09. The van der Waals surface area contributed by atoms with Gasteiger partial charge in [-0.15, -0.1) is 18.2 Å². The van der Waals surface area contributed by atoms with E-state index in [4.69, 9.17) is 11.6 Å². The maximum Gasteiger partial charge on any atom is 0.179 e. The van der Waals surface area contributed by atoms with E-state index in [-0.39, 0.29) is 11.7 Å². The molecule has 3 aliphatic rings. The number of halogens is 1. The van der Waals surface area contributed by atoms with Crippen molar-refractivity contribution in [3.8, 4) is 0 Å². The second-order valence-corrected chi connectivity index (χ2v) is 11.8. The van der Waals surface area contributed by atoms with E-state index in [9.17, 15) is 15.0 Å². The fourth-order valence-electron chi connectivity index (χ4n) is 7.56. The molecule has 6 heteroatoms. The van der Waals surface area contributed by atoms with Crippen LogP contribution in [0.25, 0.3) is 10.9 Å². The molecule has 3 aliphatic carbocycles. The van der Waals surface area contributed by atoms with Gasteiger partial charge in [-0.25, -0.2) is 0 Å². The molecule has 0 aliphatic heterocycles. The molecule has 2 aromatic rings. The molecule has 172 valence electrons. The number of nitrogens with two attached hydrogens (primary N) is 1. The lowest BCUT2D eigenvalue weighted by Crippen LogP contribution is -3.06. The fourth-order valence-corrected chi connectivity index (χ4v) is 8.01. The fraction of sp³-hybridized carbons (Fsp3) is 0.538. The number of benzene rings is 1. The van der Waals surface area contributed by atoms with Crippen molar-refractivity contribution in [2.75, 3.05) is 0 Å². The van der Waals surface area contributed by atoms with Crippen molar-refractivity contribution in [1.29, 1.82) is 0 Å². The molecule has 0 radical (unpaired) electrons. The number of Topliss-reactive ketones (excluding diaryl/α,β-unsaturated/α-hetero) is 1. The Labute approximate surface area is 194 Å². The summed E-state index contributed by atoms with van der Waals surface area (Å²) in [6, 6.07) is 6.10. The number of aromatic nitrogens is 1. The van der Waals surface area contributed by atoms with Crippen molar-refractivity contribution in [2.45, 2.75) is 74.5 Å². The number of ketones is 1. The molecule has 1 fully saturated rings. The van der Waals surface area contributed by atoms with Crippen molar-refractivity contribution in [3.05, 3.63) is 54.7 Å². The molecular formula is C26H33ClN2O3. The van der Waals surface area contributed by atoms with E-state index in [0.29, 0.717) is 17.7 Å². The van der Waals surface area contributed by atoms with Crippen LogP contribution in [0.3, 0.4) is 0 Å². The molecule has 5 rings (SSSR count). The maximum absolute atomic E-state index is 14.0. The summed E-state index contributed by atoms with van der Waals surface area (Å²) in [6.07, 6.45) is 0.695. The first-order valence-corrected chi connectivity index (χ1v) is 11.7. The smallest absolute Gasteiger partial charge is 0.179 e. The van der Waals surface area contributed by atoms with Crippen LogP contribution in [0.4, 0.5) is 0 Å². The first kappa shape index (κ1) is 22.1. The topological polar surface area (TPSA) is 89.9 Å². The van der Waals surface area contributed by atoms with Crippen molar-refractivity contribution in [2.24, 2.45) is 11.3 Å². The van der Waals surface area contributed by atoms with Crippen LogP contribution in [0, 0.1) is 18.4 Å². The molecule has 5 N–H and O–H groups in total. The van der Waals surface area contributed by atoms with Crippen LogP contribution < -0.4 is 5.32 Å². The lowest BCUT2D eigenvalue weighted by atomic mass is 9.42. The summed E-state index contributed by atoms with van der Waals surface area (Å²) in [4.78, 5) is 17.4. The number of H-pyrrole nitrogens is 1. The number of aliphatic hydroxyl groups excluding tert-OH is 1. The predicted octanol–water partition coefficient (Wildman–Crippen LogP) is 2.78. The van der Waals surface area contributed by atoms with Gasteiger partial charge < -0.3 is 20.5 Å². The van der Waals surface area contributed by atoms with E-state index in [0.717, 1.165) is 16.5 Å². The van der Waals surface area contributed by atoms with Gasteiger partial charge in [-0.05, 0) is 44.2 Å². The van der Waals surface area contributed by atoms with Gasteiger partial charge in [0.15, 0.2) is 17.5 Å². The first-order valence-electron chi connectivity index (χ1n) is 11.3. The third-order valence-corrected chi connectivity index (χ3v) is 10.2. The molecule has 0 bridgehead atoms. The van der Waals surface area contributed by atoms with Crippen molar-refractivity contribution >= 4 is 28.3 Å². The first-order chi connectivity index (χ1) is 14.8. The number of hydrogen-bond acceptors (Lipinski definition) is 3. The highest BCUT2D eigenvalue weighted by molar-refractivity contribution is 6.21. The van der Waals surface area contributed by atoms with Gasteiger partial charge >= 0.3 is 0 Å². The van der Waals surface area contributed by atoms with Gasteiger partial charge in [0.1, 0.15) is 5.54 Å². The second kappa shape index (κ2) is 6.06. The third-order valence-electron chi connectivity index (χ3n) is 9.56. The van der Waals surface area contributed by atoms with Crippen LogP contribution in [-0.2, 0) is 21.2 Å². The average molecular weight is 457 g/mol. The minimum Gasteiger partial charge on any atom is -0.468 e. The molecule has 5 nitrogen and oxygen atoms in total. The molecule has 6 atom stereocenters. The minimum atomic E-state index is -1.59. The van der Waals surface area contributed by atoms with Gasteiger partial charge in [0.05, 0.1) is 10.8 Å². The van der Waals surface area contributed by atoms with Crippen molar-refractivity contribution in [1.82, 2.24) is 4.98 Å². The van der Waals surface area contributed by atoms with Crippen LogP contribution >= 0.6 is 11.6 Å². The summed E-state index contributed by atoms with van der Waals surface area (Å²) < 4.78 is 0. The Kier molecular flexibility index (Phi) is 4.20. The zero-order valence-corrected chi connectivity index (χ0v) is 20.2. The highest BCUT2D eigenvalue weighted by atomic mass is 35.5. The highest BCUT2D eigenvalue weighted by Crippen LogP contribution is 2.68. The molecule has 6 unspecified atom stereocenters. The van der Waals surface area contributed by atoms with E-state index in [1.54, 1.807) is 11.4 Å². The second-order valence-electron chi connectivity index (χ2n) is 11.3. The molecule has 32 heavy (non-hydrogen) atoms. The Morgan fingerprint density at radius 2 is 1.94 bits per heavy atom. The van der Waals surface area contributed by atoms with Crippen LogP contribution in [0.2, 0.25) is 0 Å². The Hall–Kier alpha value is -1.66. The van der Waals surface area contributed by atoms with Crippen LogP contribution in [-0.4, -0.2) is 38.0 Å². The Bertz CT molecular complexity index is 1180. The zero-order chi connectivity index (χ0) is 23.6. The number of hydrogen-bond donors (Lipinski definition) is 4. The number of carbonyl (C=O) groups is 1. The minimum absolute atomic E-state index is 0.354. The van der Waals surface area contributed by atoms with Crippen molar-refractivity contribution < 1.29 is 20.3 Å². The SMILES string of the molecule is C=CC1(C)C(Cl)CC2C(C)(C)c3cccc4[nH]c5c(c34)C2(O)C1([NH2+][CH2-])C(O)C(=O)C5(C)C. The summed E-state index contributed by atoms with van der Waals surface area (Å²) >= 11 is 7.08. The van der Waals surface area contributed by atoms with Gasteiger partial charge in [-0.1, -0.05) is 32.1 Å². The van der Waals surface area contributed by atoms with Gasteiger partial charge in [0.2, 0.25) is 0 Å². The lowest BCUT2D eigenvalue weighted by molar-refractivity contribution is -0.725. The Morgan fingerprint density at radius 1 is 1.28 bits per heavy atom. The van der Waals surface area contributed by atoms with Gasteiger partial charge in [-0.2, -0.15) is 7.05 Å². The largest absolute Gasteiger partial charge is 0.468 e. The molecular weight excluding hydrogens is 424 g/mol. The van der Waals surface area contributed by atoms with E-state index >= 15 is 0 Å². The molecule has 1 saturated carbocycles. The average Bonchev–Trinajstić information content (AvgIpc) is 3.14. The highest BCUT2D eigenvalue weighted by Gasteiger charge is 2.79. The van der Waals surface area contributed by atoms with E-state index < -0.39 is 38.9 Å². The molecule has 0 spiro atoms. The van der Waals surface area contributed by atoms with E-state index in [2.05, 4.69) is 38.5 Å². The number of quaternary nitrogens is 1. The summed E-state index contributed by atoms with van der Waals surface area (Å²) in [6.45, 7) is 13.8. The third kappa shape index (κ3) is 1.95. The Morgan fingerprint density at radius 3 is 2.53 bits per heavy atom. The number of alkyl halides is 1. The normalized spacial score (nSPS) is 41.4. The molecule has 1 heterocycles. The summed E-state index contributed by atoms with van der Waals surface area (Å²) in [5, 5.41) is 27.0. The maximum atomic E-state index is 14.0.